The first kappa shape index (κ1) is 21.4. The number of hydrogen-bond acceptors (Lipinski definition) is 4. The van der Waals surface area contributed by atoms with E-state index < -0.39 is 0 Å². The number of para-hydroxylation sites is 4. The second-order valence-corrected chi connectivity index (χ2v) is 10.4. The third kappa shape index (κ3) is 2.94. The highest BCUT2D eigenvalue weighted by molar-refractivity contribution is 5.94. The Balaban J connectivity index is 1.65. The lowest BCUT2D eigenvalue weighted by Gasteiger charge is -2.49. The lowest BCUT2D eigenvalue weighted by molar-refractivity contribution is -0.383. The van der Waals surface area contributed by atoms with E-state index in [4.69, 9.17) is 0 Å². The first-order chi connectivity index (χ1) is 16.7. The fraction of sp³-hybridized carbons (Fsp3) is 0.200. The highest BCUT2D eigenvalue weighted by Gasteiger charge is 2.45. The van der Waals surface area contributed by atoms with Gasteiger partial charge in [-0.05, 0) is 52.6 Å². The number of hydrogen-bond donors (Lipinski definition) is 1. The van der Waals surface area contributed by atoms with Gasteiger partial charge in [0.15, 0.2) is 0 Å². The van der Waals surface area contributed by atoms with E-state index in [1.165, 1.54) is 45.4 Å². The molecule has 2 aliphatic rings. The summed E-state index contributed by atoms with van der Waals surface area (Å²) in [4.78, 5) is 13.7. The number of rotatable bonds is 3. The summed E-state index contributed by atoms with van der Waals surface area (Å²) in [5.74, 6) is 0. The molecule has 4 aromatic carbocycles. The molecule has 0 bridgehead atoms. The molecule has 0 atom stereocenters. The van der Waals surface area contributed by atoms with Crippen molar-refractivity contribution >= 4 is 34.1 Å². The number of nitrogens with zero attached hydrogens (tertiary/aromatic N) is 2. The number of fused-ring (bicyclic) bond motifs is 4. The minimum Gasteiger partial charge on any atom is -0.350 e. The van der Waals surface area contributed by atoms with Crippen molar-refractivity contribution in [3.63, 3.8) is 0 Å². The molecule has 0 aliphatic carbocycles. The van der Waals surface area contributed by atoms with E-state index in [0.29, 0.717) is 5.69 Å². The van der Waals surface area contributed by atoms with Crippen LogP contribution in [-0.2, 0) is 10.8 Å². The number of nitro benzene ring substituents is 1. The molecular weight excluding hydrogens is 434 g/mol. The topological polar surface area (TPSA) is 58.4 Å². The first-order valence-electron chi connectivity index (χ1n) is 11.9. The standard InChI is InChI=1S/C30H27N3O2/c1-29(2)20-11-5-8-14-25(20)32-26-15-9-6-12-21(26)30(3,4)23-18-19(17-22(29)28(23)32)31-24-13-7-10-16-27(24)33(34)35/h5-18,31H,1-4H3. The van der Waals surface area contributed by atoms with E-state index in [1.807, 2.05) is 6.07 Å². The Morgan fingerprint density at radius 3 is 1.74 bits per heavy atom. The molecule has 0 aromatic heterocycles. The molecular formula is C30H27N3O2. The first-order valence-corrected chi connectivity index (χ1v) is 11.9. The predicted octanol–water partition coefficient (Wildman–Crippen LogP) is 8.09. The van der Waals surface area contributed by atoms with Gasteiger partial charge in [0.2, 0.25) is 0 Å². The zero-order chi connectivity index (χ0) is 24.5. The van der Waals surface area contributed by atoms with Gasteiger partial charge in [-0.2, -0.15) is 0 Å². The Labute approximate surface area is 205 Å². The number of nitrogens with one attached hydrogen (secondary N) is 1. The fourth-order valence-corrected chi connectivity index (χ4v) is 5.85. The van der Waals surface area contributed by atoms with Gasteiger partial charge in [-0.1, -0.05) is 76.2 Å². The van der Waals surface area contributed by atoms with Crippen molar-refractivity contribution in [1.29, 1.82) is 0 Å². The van der Waals surface area contributed by atoms with Gasteiger partial charge in [-0.3, -0.25) is 10.1 Å². The van der Waals surface area contributed by atoms with Gasteiger partial charge in [0.1, 0.15) is 5.69 Å². The molecule has 0 radical (unpaired) electrons. The van der Waals surface area contributed by atoms with Crippen LogP contribution in [0.25, 0.3) is 0 Å². The molecule has 0 spiro atoms. The third-order valence-corrected chi connectivity index (χ3v) is 7.70. The van der Waals surface area contributed by atoms with Crippen LogP contribution in [0.4, 0.5) is 34.1 Å². The molecule has 5 heteroatoms. The van der Waals surface area contributed by atoms with E-state index in [0.717, 1.165) is 5.69 Å². The molecule has 174 valence electrons. The van der Waals surface area contributed by atoms with Crippen molar-refractivity contribution in [3.05, 3.63) is 117 Å². The molecule has 6 rings (SSSR count). The zero-order valence-electron chi connectivity index (χ0n) is 20.3. The Kier molecular flexibility index (Phi) is 4.40. The minimum atomic E-state index is -0.340. The molecule has 0 unspecified atom stereocenters. The summed E-state index contributed by atoms with van der Waals surface area (Å²) < 4.78 is 0. The maximum atomic E-state index is 11.7. The average Bonchev–Trinajstić information content (AvgIpc) is 2.84. The van der Waals surface area contributed by atoms with Gasteiger partial charge < -0.3 is 10.2 Å². The van der Waals surface area contributed by atoms with Crippen molar-refractivity contribution in [3.8, 4) is 0 Å². The van der Waals surface area contributed by atoms with Crippen LogP contribution < -0.4 is 10.2 Å². The van der Waals surface area contributed by atoms with Crippen molar-refractivity contribution in [1.82, 2.24) is 0 Å². The Morgan fingerprint density at radius 2 is 1.20 bits per heavy atom. The SMILES string of the molecule is CC1(C)c2ccccc2N2c3ccccc3C(C)(C)c3cc(Nc4ccccc4[N+](=O)[O-])cc1c32. The van der Waals surface area contributed by atoms with Gasteiger partial charge >= 0.3 is 0 Å². The monoisotopic (exact) mass is 461 g/mol. The summed E-state index contributed by atoms with van der Waals surface area (Å²) >= 11 is 0. The summed E-state index contributed by atoms with van der Waals surface area (Å²) in [5, 5.41) is 15.0. The van der Waals surface area contributed by atoms with Crippen LogP contribution in [0.3, 0.4) is 0 Å². The van der Waals surface area contributed by atoms with Crippen LogP contribution in [0.2, 0.25) is 0 Å². The molecule has 0 amide bonds. The van der Waals surface area contributed by atoms with Gasteiger partial charge in [-0.25, -0.2) is 0 Å². The number of anilines is 5. The molecule has 0 saturated heterocycles. The zero-order valence-corrected chi connectivity index (χ0v) is 20.3. The van der Waals surface area contributed by atoms with E-state index in [1.54, 1.807) is 12.1 Å². The van der Waals surface area contributed by atoms with Crippen LogP contribution >= 0.6 is 0 Å². The van der Waals surface area contributed by atoms with Crippen LogP contribution in [-0.4, -0.2) is 4.92 Å². The van der Waals surface area contributed by atoms with Crippen LogP contribution in [0, 0.1) is 10.1 Å². The molecule has 0 fully saturated rings. The van der Waals surface area contributed by atoms with Gasteiger partial charge in [-0.15, -0.1) is 0 Å². The Morgan fingerprint density at radius 1 is 0.714 bits per heavy atom. The summed E-state index contributed by atoms with van der Waals surface area (Å²) in [6.45, 7) is 9.06. The second kappa shape index (κ2) is 7.19. The molecule has 2 heterocycles. The maximum absolute atomic E-state index is 11.7. The van der Waals surface area contributed by atoms with E-state index in [-0.39, 0.29) is 21.4 Å². The molecule has 2 aliphatic heterocycles. The molecule has 5 nitrogen and oxygen atoms in total. The number of nitro groups is 1. The molecule has 4 aromatic rings. The summed E-state index contributed by atoms with van der Waals surface area (Å²) in [6.07, 6.45) is 0. The van der Waals surface area contributed by atoms with Gasteiger partial charge in [0, 0.05) is 22.6 Å². The predicted molar refractivity (Wildman–Crippen MR) is 142 cm³/mol. The molecule has 1 N–H and O–H groups in total. The average molecular weight is 462 g/mol. The summed E-state index contributed by atoms with van der Waals surface area (Å²) in [6, 6.07) is 28.4. The van der Waals surface area contributed by atoms with Crippen LogP contribution in [0.15, 0.2) is 84.9 Å². The fourth-order valence-electron chi connectivity index (χ4n) is 5.85. The lowest BCUT2D eigenvalue weighted by Crippen LogP contribution is -2.38. The van der Waals surface area contributed by atoms with Crippen molar-refractivity contribution in [2.45, 2.75) is 38.5 Å². The third-order valence-electron chi connectivity index (χ3n) is 7.70. The van der Waals surface area contributed by atoms with Crippen LogP contribution in [0.1, 0.15) is 49.9 Å². The van der Waals surface area contributed by atoms with E-state index in [9.17, 15) is 10.1 Å². The Hall–Kier alpha value is -4.12. The van der Waals surface area contributed by atoms with Crippen molar-refractivity contribution < 1.29 is 4.92 Å². The summed E-state index contributed by atoms with van der Waals surface area (Å²) in [5.41, 5.74) is 9.46. The molecule has 35 heavy (non-hydrogen) atoms. The lowest BCUT2D eigenvalue weighted by atomic mass is 9.66. The van der Waals surface area contributed by atoms with Gasteiger partial charge in [0.05, 0.1) is 22.0 Å². The smallest absolute Gasteiger partial charge is 0.292 e. The van der Waals surface area contributed by atoms with Crippen molar-refractivity contribution in [2.24, 2.45) is 0 Å². The highest BCUT2D eigenvalue weighted by Crippen LogP contribution is 2.60. The van der Waals surface area contributed by atoms with Crippen molar-refractivity contribution in [2.75, 3.05) is 10.2 Å². The quantitative estimate of drug-likeness (QED) is 0.247. The van der Waals surface area contributed by atoms with Crippen LogP contribution in [0.5, 0.6) is 0 Å². The Bertz CT molecular complexity index is 1440. The normalized spacial score (nSPS) is 16.1. The van der Waals surface area contributed by atoms with E-state index in [2.05, 4.69) is 98.6 Å². The number of benzene rings is 4. The van der Waals surface area contributed by atoms with E-state index >= 15 is 0 Å². The highest BCUT2D eigenvalue weighted by atomic mass is 16.6. The summed E-state index contributed by atoms with van der Waals surface area (Å²) in [7, 11) is 0. The maximum Gasteiger partial charge on any atom is 0.292 e. The van der Waals surface area contributed by atoms with Gasteiger partial charge in [0.25, 0.3) is 5.69 Å². The minimum absolute atomic E-state index is 0.0645. The molecule has 0 saturated carbocycles. The second-order valence-electron chi connectivity index (χ2n) is 10.4. The largest absolute Gasteiger partial charge is 0.350 e.